The first-order valence-electron chi connectivity index (χ1n) is 6.03. The summed E-state index contributed by atoms with van der Waals surface area (Å²) in [7, 11) is 0. The third-order valence-corrected chi connectivity index (χ3v) is 2.97. The SMILES string of the molecule is Cc1ccc(N=CCC(=O)c2ccc(Cl)cc2)cc1. The number of ketones is 1. The van der Waals surface area contributed by atoms with E-state index in [2.05, 4.69) is 4.99 Å². The van der Waals surface area contributed by atoms with Crippen LogP contribution in [0.3, 0.4) is 0 Å². The van der Waals surface area contributed by atoms with Crippen LogP contribution in [0.4, 0.5) is 5.69 Å². The van der Waals surface area contributed by atoms with Crippen LogP contribution in [0.25, 0.3) is 0 Å². The molecule has 0 bridgehead atoms. The molecule has 0 N–H and O–H groups in total. The Morgan fingerprint density at radius 1 is 1.11 bits per heavy atom. The monoisotopic (exact) mass is 271 g/mol. The van der Waals surface area contributed by atoms with Crippen molar-refractivity contribution in [3.63, 3.8) is 0 Å². The quantitative estimate of drug-likeness (QED) is 0.589. The van der Waals surface area contributed by atoms with Gasteiger partial charge in [0.15, 0.2) is 5.78 Å². The van der Waals surface area contributed by atoms with Gasteiger partial charge in [0.05, 0.1) is 5.69 Å². The number of Topliss-reactive ketones (excluding diaryl/α,β-unsaturated/α-hetero) is 1. The van der Waals surface area contributed by atoms with Crippen LogP contribution in [0.15, 0.2) is 53.5 Å². The summed E-state index contributed by atoms with van der Waals surface area (Å²) >= 11 is 5.78. The molecule has 19 heavy (non-hydrogen) atoms. The fourth-order valence-corrected chi connectivity index (χ4v) is 1.74. The highest BCUT2D eigenvalue weighted by Crippen LogP contribution is 2.13. The minimum absolute atomic E-state index is 0.0347. The van der Waals surface area contributed by atoms with E-state index >= 15 is 0 Å². The summed E-state index contributed by atoms with van der Waals surface area (Å²) in [5, 5.41) is 0.630. The van der Waals surface area contributed by atoms with E-state index in [0.29, 0.717) is 10.6 Å². The molecule has 0 spiro atoms. The molecule has 0 unspecified atom stereocenters. The Morgan fingerprint density at radius 2 is 1.74 bits per heavy atom. The molecule has 3 heteroatoms. The Balaban J connectivity index is 1.96. The zero-order valence-corrected chi connectivity index (χ0v) is 11.4. The normalized spacial score (nSPS) is 10.8. The van der Waals surface area contributed by atoms with Gasteiger partial charge in [-0.15, -0.1) is 0 Å². The van der Waals surface area contributed by atoms with Crippen molar-refractivity contribution in [2.75, 3.05) is 0 Å². The second-order valence-corrected chi connectivity index (χ2v) is 4.72. The summed E-state index contributed by atoms with van der Waals surface area (Å²) in [6.45, 7) is 2.03. The lowest BCUT2D eigenvalue weighted by molar-refractivity contribution is 0.100. The number of rotatable bonds is 4. The summed E-state index contributed by atoms with van der Waals surface area (Å²) in [6.07, 6.45) is 1.93. The standard InChI is InChI=1S/C16H14ClNO/c1-12-2-8-15(9-3-12)18-11-10-16(19)13-4-6-14(17)7-5-13/h2-9,11H,10H2,1H3. The van der Waals surface area contributed by atoms with E-state index < -0.39 is 0 Å². The molecule has 0 radical (unpaired) electrons. The minimum Gasteiger partial charge on any atom is -0.294 e. The van der Waals surface area contributed by atoms with Crippen LogP contribution in [0.5, 0.6) is 0 Å². The van der Waals surface area contributed by atoms with Crippen molar-refractivity contribution in [3.8, 4) is 0 Å². The molecule has 0 fully saturated rings. The first-order chi connectivity index (χ1) is 9.15. The third kappa shape index (κ3) is 4.04. The van der Waals surface area contributed by atoms with E-state index in [0.717, 1.165) is 5.69 Å². The van der Waals surface area contributed by atoms with Crippen LogP contribution in [0.1, 0.15) is 22.3 Å². The maximum Gasteiger partial charge on any atom is 0.168 e. The number of halogens is 1. The fraction of sp³-hybridized carbons (Fsp3) is 0.125. The molecule has 96 valence electrons. The maximum absolute atomic E-state index is 11.9. The van der Waals surface area contributed by atoms with Crippen molar-refractivity contribution >= 4 is 29.3 Å². The molecule has 0 aromatic heterocycles. The summed E-state index contributed by atoms with van der Waals surface area (Å²) in [5.74, 6) is 0.0347. The highest BCUT2D eigenvalue weighted by atomic mass is 35.5. The molecule has 0 aliphatic carbocycles. The van der Waals surface area contributed by atoms with Crippen molar-refractivity contribution in [1.82, 2.24) is 0 Å². The lowest BCUT2D eigenvalue weighted by Crippen LogP contribution is -1.98. The zero-order valence-electron chi connectivity index (χ0n) is 10.6. The van der Waals surface area contributed by atoms with Crippen LogP contribution < -0.4 is 0 Å². The van der Waals surface area contributed by atoms with Crippen molar-refractivity contribution in [2.24, 2.45) is 4.99 Å². The van der Waals surface area contributed by atoms with Crippen LogP contribution in [0.2, 0.25) is 5.02 Å². The van der Waals surface area contributed by atoms with E-state index in [1.807, 2.05) is 31.2 Å². The van der Waals surface area contributed by atoms with Crippen LogP contribution >= 0.6 is 11.6 Å². The fourth-order valence-electron chi connectivity index (χ4n) is 1.62. The third-order valence-electron chi connectivity index (χ3n) is 2.72. The first-order valence-corrected chi connectivity index (χ1v) is 6.41. The first kappa shape index (κ1) is 13.5. The van der Waals surface area contributed by atoms with Crippen LogP contribution in [-0.2, 0) is 0 Å². The van der Waals surface area contributed by atoms with Gasteiger partial charge in [0.2, 0.25) is 0 Å². The highest BCUT2D eigenvalue weighted by molar-refractivity contribution is 6.30. The molecule has 0 saturated heterocycles. The van der Waals surface area contributed by atoms with Gasteiger partial charge in [-0.2, -0.15) is 0 Å². The molecule has 2 aromatic rings. The smallest absolute Gasteiger partial charge is 0.168 e. The maximum atomic E-state index is 11.9. The second kappa shape index (κ2) is 6.30. The van der Waals surface area contributed by atoms with Gasteiger partial charge in [-0.05, 0) is 43.3 Å². The van der Waals surface area contributed by atoms with Gasteiger partial charge in [0.1, 0.15) is 0 Å². The topological polar surface area (TPSA) is 29.4 Å². The number of hydrogen-bond acceptors (Lipinski definition) is 2. The summed E-state index contributed by atoms with van der Waals surface area (Å²) in [6, 6.07) is 14.7. The van der Waals surface area contributed by atoms with E-state index in [1.165, 1.54) is 5.56 Å². The Hall–Kier alpha value is -1.93. The molecule has 2 aromatic carbocycles. The number of aliphatic imine (C=N–C) groups is 1. The molecule has 0 heterocycles. The molecular formula is C16H14ClNO. The molecule has 0 saturated carbocycles. The Kier molecular flexibility index (Phi) is 4.48. The van der Waals surface area contributed by atoms with Crippen molar-refractivity contribution in [3.05, 3.63) is 64.7 Å². The average Bonchev–Trinajstić information content (AvgIpc) is 2.41. The summed E-state index contributed by atoms with van der Waals surface area (Å²) < 4.78 is 0. The molecule has 2 rings (SSSR count). The molecule has 0 amide bonds. The van der Waals surface area contributed by atoms with Gasteiger partial charge < -0.3 is 0 Å². The van der Waals surface area contributed by atoms with E-state index in [-0.39, 0.29) is 12.2 Å². The lowest BCUT2D eigenvalue weighted by atomic mass is 10.1. The minimum atomic E-state index is 0.0347. The molecule has 0 aliphatic rings. The van der Waals surface area contributed by atoms with Gasteiger partial charge in [0, 0.05) is 23.2 Å². The van der Waals surface area contributed by atoms with Crippen LogP contribution in [-0.4, -0.2) is 12.0 Å². The van der Waals surface area contributed by atoms with E-state index in [4.69, 9.17) is 11.6 Å². The molecule has 2 nitrogen and oxygen atoms in total. The largest absolute Gasteiger partial charge is 0.294 e. The Labute approximate surface area is 117 Å². The number of aryl methyl sites for hydroxylation is 1. The summed E-state index contributed by atoms with van der Waals surface area (Å²) in [4.78, 5) is 16.1. The second-order valence-electron chi connectivity index (χ2n) is 4.28. The van der Waals surface area contributed by atoms with Gasteiger partial charge in [-0.3, -0.25) is 9.79 Å². The van der Waals surface area contributed by atoms with Crippen LogP contribution in [0, 0.1) is 6.92 Å². The molecule has 0 aliphatic heterocycles. The van der Waals surface area contributed by atoms with Gasteiger partial charge >= 0.3 is 0 Å². The number of benzene rings is 2. The van der Waals surface area contributed by atoms with Crippen molar-refractivity contribution < 1.29 is 4.79 Å². The average molecular weight is 272 g/mol. The van der Waals surface area contributed by atoms with E-state index in [1.54, 1.807) is 30.5 Å². The highest BCUT2D eigenvalue weighted by Gasteiger charge is 2.03. The van der Waals surface area contributed by atoms with Gasteiger partial charge in [-0.1, -0.05) is 29.3 Å². The zero-order chi connectivity index (χ0) is 13.7. The number of carbonyl (C=O) groups is 1. The Bertz CT molecular complexity index is 585. The van der Waals surface area contributed by atoms with Gasteiger partial charge in [-0.25, -0.2) is 0 Å². The number of hydrogen-bond donors (Lipinski definition) is 0. The number of carbonyl (C=O) groups excluding carboxylic acids is 1. The summed E-state index contributed by atoms with van der Waals surface area (Å²) in [5.41, 5.74) is 2.70. The van der Waals surface area contributed by atoms with Gasteiger partial charge in [0.25, 0.3) is 0 Å². The lowest BCUT2D eigenvalue weighted by Gasteiger charge is -1.98. The molecule has 0 atom stereocenters. The van der Waals surface area contributed by atoms with E-state index in [9.17, 15) is 4.79 Å². The predicted octanol–water partition coefficient (Wildman–Crippen LogP) is 4.62. The van der Waals surface area contributed by atoms with Crippen molar-refractivity contribution in [2.45, 2.75) is 13.3 Å². The molecular weight excluding hydrogens is 258 g/mol. The predicted molar refractivity (Wildman–Crippen MR) is 79.7 cm³/mol. The number of nitrogens with zero attached hydrogens (tertiary/aromatic N) is 1. The van der Waals surface area contributed by atoms with Crippen molar-refractivity contribution in [1.29, 1.82) is 0 Å². The Morgan fingerprint density at radius 3 is 2.37 bits per heavy atom.